The van der Waals surface area contributed by atoms with Crippen LogP contribution in [0.1, 0.15) is 271 Å². The van der Waals surface area contributed by atoms with E-state index in [-0.39, 0.29) is 37.5 Å². The first-order valence-corrected chi connectivity index (χ1v) is 31.8. The molecule has 6 nitrogen and oxygen atoms in total. The molecule has 0 spiro atoms. The Labute approximate surface area is 480 Å². The maximum atomic E-state index is 12.9. The minimum atomic E-state index is -0.813. The monoisotopic (exact) mass is 1080 g/mol. The van der Waals surface area contributed by atoms with Crippen molar-refractivity contribution in [3.8, 4) is 0 Å². The molecule has 0 amide bonds. The molecule has 0 saturated heterocycles. The SMILES string of the molecule is CC/C=C\C/C=C\C/C=C\C/C=C\C/C=C\C/C=C\CCCCCCCCC(=O)OCC(COC(=O)CCCCCCC/C=C\CCCCCCCCC)OC(=O)CCCCC/C=C\C/C=C\C/C=C\C/C=C\C/C=C\CC. The van der Waals surface area contributed by atoms with Crippen LogP contribution in [-0.2, 0) is 28.6 Å². The number of hydrogen-bond acceptors (Lipinski definition) is 6. The predicted molar refractivity (Wildman–Crippen MR) is 339 cm³/mol. The van der Waals surface area contributed by atoms with Crippen molar-refractivity contribution in [3.05, 3.63) is 146 Å². The zero-order valence-corrected chi connectivity index (χ0v) is 50.4. The van der Waals surface area contributed by atoms with Crippen molar-refractivity contribution in [1.82, 2.24) is 0 Å². The first-order valence-electron chi connectivity index (χ1n) is 31.8. The first kappa shape index (κ1) is 73.3. The van der Waals surface area contributed by atoms with Crippen LogP contribution in [0, 0.1) is 0 Å². The van der Waals surface area contributed by atoms with Crippen molar-refractivity contribution in [1.29, 1.82) is 0 Å². The lowest BCUT2D eigenvalue weighted by molar-refractivity contribution is -0.167. The second-order valence-corrected chi connectivity index (χ2v) is 20.5. The van der Waals surface area contributed by atoms with E-state index in [0.29, 0.717) is 19.3 Å². The molecule has 78 heavy (non-hydrogen) atoms. The molecule has 0 rings (SSSR count). The molecule has 0 saturated carbocycles. The van der Waals surface area contributed by atoms with E-state index >= 15 is 0 Å². The molecule has 0 aromatic carbocycles. The zero-order chi connectivity index (χ0) is 56.4. The summed E-state index contributed by atoms with van der Waals surface area (Å²) in [4.78, 5) is 38.3. The minimum Gasteiger partial charge on any atom is -0.462 e. The maximum absolute atomic E-state index is 12.9. The first-order chi connectivity index (χ1) is 38.5. The Morgan fingerprint density at radius 1 is 0.269 bits per heavy atom. The highest BCUT2D eigenvalue weighted by Gasteiger charge is 2.19. The van der Waals surface area contributed by atoms with Crippen molar-refractivity contribution in [3.63, 3.8) is 0 Å². The van der Waals surface area contributed by atoms with Crippen LogP contribution in [0.4, 0.5) is 0 Å². The Balaban J connectivity index is 4.49. The van der Waals surface area contributed by atoms with Gasteiger partial charge >= 0.3 is 17.9 Å². The molecule has 1 unspecified atom stereocenters. The van der Waals surface area contributed by atoms with Gasteiger partial charge in [0.25, 0.3) is 0 Å². The average molecular weight is 1080 g/mol. The molecule has 0 aliphatic rings. The van der Waals surface area contributed by atoms with Gasteiger partial charge < -0.3 is 14.2 Å². The number of rotatable bonds is 56. The van der Waals surface area contributed by atoms with Gasteiger partial charge in [-0.1, -0.05) is 256 Å². The van der Waals surface area contributed by atoms with Gasteiger partial charge in [0.2, 0.25) is 0 Å². The van der Waals surface area contributed by atoms with Crippen LogP contribution in [0.15, 0.2) is 146 Å². The van der Waals surface area contributed by atoms with Crippen molar-refractivity contribution < 1.29 is 28.6 Å². The van der Waals surface area contributed by atoms with Gasteiger partial charge in [-0.15, -0.1) is 0 Å². The fourth-order valence-electron chi connectivity index (χ4n) is 8.35. The molecule has 0 aliphatic carbocycles. The molecule has 0 fully saturated rings. The fourth-order valence-corrected chi connectivity index (χ4v) is 8.35. The summed E-state index contributed by atoms with van der Waals surface area (Å²) in [5, 5.41) is 0. The van der Waals surface area contributed by atoms with E-state index < -0.39 is 6.10 Å². The number of hydrogen-bond donors (Lipinski definition) is 0. The maximum Gasteiger partial charge on any atom is 0.306 e. The smallest absolute Gasteiger partial charge is 0.306 e. The number of allylic oxidation sites excluding steroid dienone is 24. The van der Waals surface area contributed by atoms with Crippen molar-refractivity contribution in [2.75, 3.05) is 13.2 Å². The fraction of sp³-hybridized carbons (Fsp3) is 0.625. The van der Waals surface area contributed by atoms with Gasteiger partial charge in [0.05, 0.1) is 0 Å². The number of ether oxygens (including phenoxy) is 3. The summed E-state index contributed by atoms with van der Waals surface area (Å²) >= 11 is 0. The summed E-state index contributed by atoms with van der Waals surface area (Å²) in [6.45, 7) is 6.37. The molecule has 0 N–H and O–H groups in total. The molecular formula is C72H116O6. The Morgan fingerprint density at radius 2 is 0.500 bits per heavy atom. The Kier molecular flexibility index (Phi) is 60.9. The number of unbranched alkanes of at least 4 members (excludes halogenated alkanes) is 21. The van der Waals surface area contributed by atoms with Crippen LogP contribution in [0.5, 0.6) is 0 Å². The summed E-state index contributed by atoms with van der Waals surface area (Å²) < 4.78 is 16.9. The van der Waals surface area contributed by atoms with E-state index in [1.165, 1.54) is 70.6 Å². The van der Waals surface area contributed by atoms with E-state index in [1.807, 2.05) is 0 Å². The molecule has 6 heteroatoms. The topological polar surface area (TPSA) is 78.9 Å². The highest BCUT2D eigenvalue weighted by Crippen LogP contribution is 2.14. The Hall–Kier alpha value is -4.71. The van der Waals surface area contributed by atoms with Gasteiger partial charge in [-0.2, -0.15) is 0 Å². The molecule has 0 aliphatic heterocycles. The molecular weight excluding hydrogens is 961 g/mol. The van der Waals surface area contributed by atoms with E-state index in [4.69, 9.17) is 14.2 Å². The van der Waals surface area contributed by atoms with E-state index in [2.05, 4.69) is 167 Å². The summed E-state index contributed by atoms with van der Waals surface area (Å²) in [6, 6.07) is 0. The summed E-state index contributed by atoms with van der Waals surface area (Å²) in [6.07, 6.45) is 92.7. The minimum absolute atomic E-state index is 0.105. The predicted octanol–water partition coefficient (Wildman–Crippen LogP) is 21.9. The van der Waals surface area contributed by atoms with Crippen molar-refractivity contribution >= 4 is 17.9 Å². The standard InChI is InChI=1S/C72H116O6/c1-4-7-10-13-16-19-22-25-28-31-33-34-35-36-37-38-40-41-44-47-50-53-56-59-62-65-71(74)77-68-69(67-76-70(73)64-61-58-55-52-49-46-43-30-27-24-21-18-15-12-9-6-3)78-72(75)66-63-60-57-54-51-48-45-42-39-32-29-26-23-20-17-14-11-8-5-2/h7-8,10-11,16-17,19-20,25-26,28-30,33-34,36-37,39-43,48,51,69H,4-6,9,12-15,18,21-24,27,31-32,35,38,44-47,49-50,52-68H2,1-3H3/b10-7-,11-8-,19-16-,20-17-,28-25-,29-26-,34-33-,37-36-,41-40-,42-39-,43-30-,51-48-. The van der Waals surface area contributed by atoms with Gasteiger partial charge in [-0.25, -0.2) is 0 Å². The summed E-state index contributed by atoms with van der Waals surface area (Å²) in [5.41, 5.74) is 0. The molecule has 1 atom stereocenters. The molecule has 440 valence electrons. The third kappa shape index (κ3) is 62.1. The van der Waals surface area contributed by atoms with Crippen LogP contribution in [-0.4, -0.2) is 37.2 Å². The lowest BCUT2D eigenvalue weighted by Gasteiger charge is -2.18. The molecule has 0 bridgehead atoms. The van der Waals surface area contributed by atoms with Crippen LogP contribution < -0.4 is 0 Å². The van der Waals surface area contributed by atoms with Gasteiger partial charge in [0.1, 0.15) is 13.2 Å². The number of carbonyl (C=O) groups excluding carboxylic acids is 3. The van der Waals surface area contributed by atoms with E-state index in [1.54, 1.807) is 0 Å². The normalized spacial score (nSPS) is 13.1. The average Bonchev–Trinajstić information content (AvgIpc) is 3.44. The molecule has 0 aromatic rings. The number of carbonyl (C=O) groups is 3. The van der Waals surface area contributed by atoms with E-state index in [0.717, 1.165) is 154 Å². The molecule has 0 radical (unpaired) electrons. The van der Waals surface area contributed by atoms with Crippen LogP contribution in [0.3, 0.4) is 0 Å². The second kappa shape index (κ2) is 64.8. The quantitative estimate of drug-likeness (QED) is 0.0261. The highest BCUT2D eigenvalue weighted by atomic mass is 16.6. The van der Waals surface area contributed by atoms with Gasteiger partial charge in [-0.05, 0) is 141 Å². The zero-order valence-electron chi connectivity index (χ0n) is 50.4. The largest absolute Gasteiger partial charge is 0.462 e. The number of esters is 3. The van der Waals surface area contributed by atoms with Gasteiger partial charge in [0, 0.05) is 19.3 Å². The van der Waals surface area contributed by atoms with Crippen LogP contribution in [0.25, 0.3) is 0 Å². The third-order valence-corrected chi connectivity index (χ3v) is 13.1. The summed E-state index contributed by atoms with van der Waals surface area (Å²) in [5.74, 6) is -0.961. The molecule has 0 heterocycles. The summed E-state index contributed by atoms with van der Waals surface area (Å²) in [7, 11) is 0. The van der Waals surface area contributed by atoms with Gasteiger partial charge in [-0.3, -0.25) is 14.4 Å². The van der Waals surface area contributed by atoms with E-state index in [9.17, 15) is 14.4 Å². The van der Waals surface area contributed by atoms with Crippen molar-refractivity contribution in [2.24, 2.45) is 0 Å². The van der Waals surface area contributed by atoms with Crippen molar-refractivity contribution in [2.45, 2.75) is 277 Å². The molecule has 0 aromatic heterocycles. The van der Waals surface area contributed by atoms with Crippen LogP contribution in [0.2, 0.25) is 0 Å². The second-order valence-electron chi connectivity index (χ2n) is 20.5. The Morgan fingerprint density at radius 3 is 0.808 bits per heavy atom. The Bertz CT molecular complexity index is 1710. The third-order valence-electron chi connectivity index (χ3n) is 13.1. The van der Waals surface area contributed by atoms with Crippen LogP contribution >= 0.6 is 0 Å². The highest BCUT2D eigenvalue weighted by molar-refractivity contribution is 5.71. The van der Waals surface area contributed by atoms with Gasteiger partial charge in [0.15, 0.2) is 6.10 Å². The lowest BCUT2D eigenvalue weighted by atomic mass is 10.1. The lowest BCUT2D eigenvalue weighted by Crippen LogP contribution is -2.30.